The maximum atomic E-state index is 12.3. The summed E-state index contributed by atoms with van der Waals surface area (Å²) in [5, 5.41) is 2.98. The van der Waals surface area contributed by atoms with Gasteiger partial charge in [-0.1, -0.05) is 12.1 Å². The van der Waals surface area contributed by atoms with E-state index in [-0.39, 0.29) is 12.7 Å². The number of hydrogen-bond donors (Lipinski definition) is 1. The third-order valence-corrected chi connectivity index (χ3v) is 4.69. The zero-order valence-electron chi connectivity index (χ0n) is 16.2. The van der Waals surface area contributed by atoms with Gasteiger partial charge in [0.15, 0.2) is 11.5 Å². The standard InChI is InChI=1S/C22H22N4O3/c1-15-25-13-17(18-4-2-3-10-23-18)19(26-15)9-11-24-22(27)8-6-16-5-7-20-21(12-16)29-14-28-20/h2-5,7,10,12-13H,6,8-9,11,14H2,1H3,(H,24,27). The van der Waals surface area contributed by atoms with Gasteiger partial charge in [0.05, 0.1) is 11.4 Å². The first-order valence-corrected chi connectivity index (χ1v) is 9.58. The molecule has 1 aliphatic rings. The van der Waals surface area contributed by atoms with Crippen molar-refractivity contribution in [2.75, 3.05) is 13.3 Å². The lowest BCUT2D eigenvalue weighted by molar-refractivity contribution is -0.121. The molecular formula is C22H22N4O3. The fourth-order valence-electron chi connectivity index (χ4n) is 3.21. The molecule has 1 aliphatic heterocycles. The molecule has 7 heteroatoms. The van der Waals surface area contributed by atoms with Gasteiger partial charge in [0.25, 0.3) is 0 Å². The number of hydrogen-bond acceptors (Lipinski definition) is 6. The second kappa shape index (κ2) is 8.68. The molecule has 0 saturated heterocycles. The minimum absolute atomic E-state index is 0.00725. The van der Waals surface area contributed by atoms with E-state index >= 15 is 0 Å². The van der Waals surface area contributed by atoms with E-state index in [4.69, 9.17) is 9.47 Å². The van der Waals surface area contributed by atoms with Crippen LogP contribution in [0.5, 0.6) is 11.5 Å². The van der Waals surface area contributed by atoms with Crippen LogP contribution in [-0.2, 0) is 17.6 Å². The molecule has 1 amide bonds. The number of amides is 1. The lowest BCUT2D eigenvalue weighted by Crippen LogP contribution is -2.26. The van der Waals surface area contributed by atoms with Gasteiger partial charge < -0.3 is 14.8 Å². The fraction of sp³-hybridized carbons (Fsp3) is 0.273. The Balaban J connectivity index is 1.31. The van der Waals surface area contributed by atoms with Crippen molar-refractivity contribution in [2.24, 2.45) is 0 Å². The SMILES string of the molecule is Cc1ncc(-c2ccccn2)c(CCNC(=O)CCc2ccc3c(c2)OCO3)n1. The van der Waals surface area contributed by atoms with Crippen molar-refractivity contribution in [3.05, 3.63) is 65.9 Å². The van der Waals surface area contributed by atoms with Crippen molar-refractivity contribution in [3.8, 4) is 22.8 Å². The van der Waals surface area contributed by atoms with Crippen LogP contribution in [0.4, 0.5) is 0 Å². The first-order chi connectivity index (χ1) is 14.2. The van der Waals surface area contributed by atoms with Crippen LogP contribution in [0.1, 0.15) is 23.5 Å². The van der Waals surface area contributed by atoms with Crippen LogP contribution < -0.4 is 14.8 Å². The highest BCUT2D eigenvalue weighted by molar-refractivity contribution is 5.76. The van der Waals surface area contributed by atoms with Crippen LogP contribution >= 0.6 is 0 Å². The van der Waals surface area contributed by atoms with Crippen molar-refractivity contribution in [1.29, 1.82) is 0 Å². The fourth-order valence-corrected chi connectivity index (χ4v) is 3.21. The Morgan fingerprint density at radius 1 is 1.10 bits per heavy atom. The van der Waals surface area contributed by atoms with Gasteiger partial charge in [0.1, 0.15) is 5.82 Å². The van der Waals surface area contributed by atoms with E-state index in [1.54, 1.807) is 12.4 Å². The maximum absolute atomic E-state index is 12.3. The number of carbonyl (C=O) groups is 1. The highest BCUT2D eigenvalue weighted by atomic mass is 16.7. The highest BCUT2D eigenvalue weighted by Gasteiger charge is 2.14. The van der Waals surface area contributed by atoms with Gasteiger partial charge in [0, 0.05) is 37.3 Å². The number of aryl methyl sites for hydroxylation is 2. The minimum atomic E-state index is 0.00725. The number of pyridine rings is 1. The predicted molar refractivity (Wildman–Crippen MR) is 108 cm³/mol. The summed E-state index contributed by atoms with van der Waals surface area (Å²) in [5.74, 6) is 2.20. The zero-order valence-corrected chi connectivity index (χ0v) is 16.2. The lowest BCUT2D eigenvalue weighted by Gasteiger charge is -2.10. The van der Waals surface area contributed by atoms with E-state index in [9.17, 15) is 4.79 Å². The van der Waals surface area contributed by atoms with E-state index < -0.39 is 0 Å². The molecule has 0 aliphatic carbocycles. The van der Waals surface area contributed by atoms with Crippen LogP contribution in [0.15, 0.2) is 48.8 Å². The number of benzene rings is 1. The first-order valence-electron chi connectivity index (χ1n) is 9.58. The summed E-state index contributed by atoms with van der Waals surface area (Å²) in [4.78, 5) is 25.5. The largest absolute Gasteiger partial charge is 0.454 e. The number of ether oxygens (including phenoxy) is 2. The molecule has 0 saturated carbocycles. The number of fused-ring (bicyclic) bond motifs is 1. The Morgan fingerprint density at radius 3 is 2.86 bits per heavy atom. The summed E-state index contributed by atoms with van der Waals surface area (Å²) in [5.41, 5.74) is 3.66. The Kier molecular flexibility index (Phi) is 5.65. The van der Waals surface area contributed by atoms with Gasteiger partial charge in [0.2, 0.25) is 12.7 Å². The van der Waals surface area contributed by atoms with E-state index in [1.807, 2.05) is 43.3 Å². The third-order valence-electron chi connectivity index (χ3n) is 4.69. The van der Waals surface area contributed by atoms with Gasteiger partial charge in [-0.25, -0.2) is 9.97 Å². The second-order valence-corrected chi connectivity index (χ2v) is 6.78. The number of nitrogens with one attached hydrogen (secondary N) is 1. The minimum Gasteiger partial charge on any atom is -0.454 e. The number of carbonyl (C=O) groups excluding carboxylic acids is 1. The van der Waals surface area contributed by atoms with Gasteiger partial charge in [-0.3, -0.25) is 9.78 Å². The van der Waals surface area contributed by atoms with Gasteiger partial charge in [-0.05, 0) is 43.2 Å². The Morgan fingerprint density at radius 2 is 2.00 bits per heavy atom. The van der Waals surface area contributed by atoms with Gasteiger partial charge in [-0.2, -0.15) is 0 Å². The molecule has 29 heavy (non-hydrogen) atoms. The molecular weight excluding hydrogens is 368 g/mol. The summed E-state index contributed by atoms with van der Waals surface area (Å²) < 4.78 is 10.7. The Labute approximate surface area is 169 Å². The van der Waals surface area contributed by atoms with Crippen LogP contribution in [0.25, 0.3) is 11.3 Å². The van der Waals surface area contributed by atoms with Gasteiger partial charge >= 0.3 is 0 Å². The molecule has 0 atom stereocenters. The maximum Gasteiger partial charge on any atom is 0.231 e. The highest BCUT2D eigenvalue weighted by Crippen LogP contribution is 2.32. The molecule has 4 rings (SSSR count). The molecule has 0 fully saturated rings. The monoisotopic (exact) mass is 390 g/mol. The summed E-state index contributed by atoms with van der Waals surface area (Å²) >= 11 is 0. The average Bonchev–Trinajstić information content (AvgIpc) is 3.21. The summed E-state index contributed by atoms with van der Waals surface area (Å²) in [6.07, 6.45) is 5.22. The summed E-state index contributed by atoms with van der Waals surface area (Å²) in [6, 6.07) is 11.5. The molecule has 2 aromatic heterocycles. The van der Waals surface area contributed by atoms with Crippen LogP contribution in [0, 0.1) is 6.92 Å². The molecule has 3 aromatic rings. The second-order valence-electron chi connectivity index (χ2n) is 6.78. The zero-order chi connectivity index (χ0) is 20.1. The number of aromatic nitrogens is 3. The topological polar surface area (TPSA) is 86.2 Å². The molecule has 0 unspecified atom stereocenters. The molecule has 1 aromatic carbocycles. The first kappa shape index (κ1) is 18.9. The molecule has 1 N–H and O–H groups in total. The quantitative estimate of drug-likeness (QED) is 0.668. The molecule has 0 radical (unpaired) electrons. The molecule has 148 valence electrons. The van der Waals surface area contributed by atoms with Crippen molar-refractivity contribution in [3.63, 3.8) is 0 Å². The molecule has 0 bridgehead atoms. The van der Waals surface area contributed by atoms with Crippen LogP contribution in [-0.4, -0.2) is 34.2 Å². The Hall–Kier alpha value is -3.48. The van der Waals surface area contributed by atoms with Crippen LogP contribution in [0.2, 0.25) is 0 Å². The normalized spacial score (nSPS) is 12.0. The van der Waals surface area contributed by atoms with Crippen molar-refractivity contribution in [1.82, 2.24) is 20.3 Å². The number of rotatable bonds is 7. The molecule has 0 spiro atoms. The van der Waals surface area contributed by atoms with Crippen molar-refractivity contribution < 1.29 is 14.3 Å². The van der Waals surface area contributed by atoms with E-state index in [0.29, 0.717) is 31.6 Å². The summed E-state index contributed by atoms with van der Waals surface area (Å²) in [6.45, 7) is 2.62. The van der Waals surface area contributed by atoms with Crippen molar-refractivity contribution in [2.45, 2.75) is 26.2 Å². The summed E-state index contributed by atoms with van der Waals surface area (Å²) in [7, 11) is 0. The van der Waals surface area contributed by atoms with E-state index in [0.717, 1.165) is 34.0 Å². The lowest BCUT2D eigenvalue weighted by atomic mass is 10.1. The molecule has 3 heterocycles. The predicted octanol–water partition coefficient (Wildman–Crippen LogP) is 2.87. The van der Waals surface area contributed by atoms with Crippen molar-refractivity contribution >= 4 is 5.91 Å². The van der Waals surface area contributed by atoms with Crippen LogP contribution in [0.3, 0.4) is 0 Å². The number of nitrogens with zero attached hydrogens (tertiary/aromatic N) is 3. The van der Waals surface area contributed by atoms with E-state index in [1.165, 1.54) is 0 Å². The van der Waals surface area contributed by atoms with E-state index in [2.05, 4.69) is 20.3 Å². The Bertz CT molecular complexity index is 1010. The average molecular weight is 390 g/mol. The molecule has 7 nitrogen and oxygen atoms in total. The smallest absolute Gasteiger partial charge is 0.231 e. The third kappa shape index (κ3) is 4.68. The van der Waals surface area contributed by atoms with Gasteiger partial charge in [-0.15, -0.1) is 0 Å².